The van der Waals surface area contributed by atoms with Crippen molar-refractivity contribution in [3.8, 4) is 5.75 Å². The number of carbonyl (C=O) groups excluding carboxylic acids is 1. The summed E-state index contributed by atoms with van der Waals surface area (Å²) in [5.74, 6) is 0.525. The summed E-state index contributed by atoms with van der Waals surface area (Å²) in [4.78, 5) is 16.8. The van der Waals surface area contributed by atoms with Crippen LogP contribution in [0.4, 0.5) is 4.79 Å². The smallest absolute Gasteiger partial charge is 0.410 e. The lowest BCUT2D eigenvalue weighted by Crippen LogP contribution is -2.44. The van der Waals surface area contributed by atoms with Gasteiger partial charge in [-0.1, -0.05) is 24.4 Å². The summed E-state index contributed by atoms with van der Waals surface area (Å²) in [5.41, 5.74) is 0. The van der Waals surface area contributed by atoms with Crippen LogP contribution in [0.2, 0.25) is 5.02 Å². The molecule has 2 rings (SSSR count). The van der Waals surface area contributed by atoms with Gasteiger partial charge in [0.25, 0.3) is 0 Å². The van der Waals surface area contributed by atoms with Crippen LogP contribution < -0.4 is 4.74 Å². The van der Waals surface area contributed by atoms with Gasteiger partial charge in [-0.15, -0.1) is 0 Å². The Morgan fingerprint density at radius 1 is 1.00 bits per heavy atom. The van der Waals surface area contributed by atoms with E-state index in [0.717, 1.165) is 58.4 Å². The van der Waals surface area contributed by atoms with Crippen LogP contribution >= 0.6 is 11.6 Å². The third kappa shape index (κ3) is 10.1. The zero-order valence-electron chi connectivity index (χ0n) is 20.1. The number of carbonyl (C=O) groups is 1. The van der Waals surface area contributed by atoms with Crippen molar-refractivity contribution in [2.75, 3.05) is 47.0 Å². The van der Waals surface area contributed by atoms with Crippen molar-refractivity contribution in [3.63, 3.8) is 0 Å². The Morgan fingerprint density at radius 2 is 1.69 bits per heavy atom. The molecule has 0 aromatic heterocycles. The van der Waals surface area contributed by atoms with E-state index in [4.69, 9.17) is 25.8 Å². The third-order valence-electron chi connectivity index (χ3n) is 6.14. The second kappa shape index (κ2) is 15.5. The van der Waals surface area contributed by atoms with E-state index in [9.17, 15) is 4.79 Å². The van der Waals surface area contributed by atoms with Crippen LogP contribution in [-0.2, 0) is 9.47 Å². The Kier molecular flexibility index (Phi) is 13.0. The number of unbranched alkanes of at least 4 members (excludes halogenated alkanes) is 3. The molecule has 0 aliphatic heterocycles. The minimum atomic E-state index is -0.285. The molecule has 1 aliphatic rings. The van der Waals surface area contributed by atoms with Crippen molar-refractivity contribution in [2.24, 2.45) is 0 Å². The van der Waals surface area contributed by atoms with Crippen LogP contribution in [0.5, 0.6) is 5.75 Å². The monoisotopic (exact) mass is 468 g/mol. The van der Waals surface area contributed by atoms with E-state index in [1.165, 1.54) is 19.3 Å². The van der Waals surface area contributed by atoms with Gasteiger partial charge in [0.15, 0.2) is 0 Å². The van der Waals surface area contributed by atoms with Gasteiger partial charge in [-0.3, -0.25) is 0 Å². The van der Waals surface area contributed by atoms with Crippen LogP contribution in [0.1, 0.15) is 58.3 Å². The molecule has 1 amide bonds. The fourth-order valence-corrected chi connectivity index (χ4v) is 4.29. The molecule has 0 atom stereocenters. The highest BCUT2D eigenvalue weighted by atomic mass is 35.5. The Morgan fingerprint density at radius 3 is 2.34 bits per heavy atom. The van der Waals surface area contributed by atoms with Crippen LogP contribution in [-0.4, -0.2) is 75.0 Å². The molecule has 1 saturated carbocycles. The van der Waals surface area contributed by atoms with E-state index in [2.05, 4.69) is 11.9 Å². The number of methoxy groups -OCH3 is 1. The van der Waals surface area contributed by atoms with Gasteiger partial charge in [0, 0.05) is 37.9 Å². The van der Waals surface area contributed by atoms with Crippen LogP contribution in [0.3, 0.4) is 0 Å². The zero-order chi connectivity index (χ0) is 23.2. The summed E-state index contributed by atoms with van der Waals surface area (Å²) in [6.07, 6.45) is 8.76. The maximum absolute atomic E-state index is 12.6. The van der Waals surface area contributed by atoms with Gasteiger partial charge >= 0.3 is 6.09 Å². The summed E-state index contributed by atoms with van der Waals surface area (Å²) < 4.78 is 16.8. The van der Waals surface area contributed by atoms with E-state index in [1.807, 2.05) is 11.8 Å². The first-order valence-corrected chi connectivity index (χ1v) is 12.4. The average Bonchev–Trinajstić information content (AvgIpc) is 2.80. The minimum absolute atomic E-state index is 0.217. The molecule has 0 heterocycles. The molecule has 0 radical (unpaired) electrons. The zero-order valence-corrected chi connectivity index (χ0v) is 20.8. The van der Waals surface area contributed by atoms with Crippen LogP contribution in [0.25, 0.3) is 0 Å². The van der Waals surface area contributed by atoms with Crippen molar-refractivity contribution in [1.29, 1.82) is 0 Å². The number of benzene rings is 1. The molecule has 0 N–H and O–H groups in total. The highest BCUT2D eigenvalue weighted by molar-refractivity contribution is 6.30. The van der Waals surface area contributed by atoms with Crippen LogP contribution in [0.15, 0.2) is 24.3 Å². The molecular weight excluding hydrogens is 428 g/mol. The van der Waals surface area contributed by atoms with Gasteiger partial charge < -0.3 is 24.0 Å². The maximum Gasteiger partial charge on any atom is 0.415 e. The summed E-state index contributed by atoms with van der Waals surface area (Å²) in [5, 5.41) is 0.626. The normalized spacial score (nSPS) is 18.7. The molecule has 0 bridgehead atoms. The second-order valence-electron chi connectivity index (χ2n) is 8.62. The summed E-state index contributed by atoms with van der Waals surface area (Å²) in [6.45, 7) is 6.40. The molecule has 1 aromatic carbocycles. The number of hydrogen-bond acceptors (Lipinski definition) is 5. The minimum Gasteiger partial charge on any atom is -0.410 e. The molecule has 182 valence electrons. The lowest BCUT2D eigenvalue weighted by Gasteiger charge is -2.35. The molecule has 1 aromatic rings. The quantitative estimate of drug-likeness (QED) is 0.331. The van der Waals surface area contributed by atoms with Gasteiger partial charge in [-0.05, 0) is 83.3 Å². The number of likely N-dealkylation sites (N-methyl/N-ethyl adjacent to an activating group) is 1. The molecule has 0 saturated heterocycles. The van der Waals surface area contributed by atoms with Gasteiger partial charge in [0.2, 0.25) is 0 Å². The molecule has 0 spiro atoms. The fourth-order valence-electron chi connectivity index (χ4n) is 4.17. The lowest BCUT2D eigenvalue weighted by molar-refractivity contribution is 0.00822. The Labute approximate surface area is 199 Å². The van der Waals surface area contributed by atoms with E-state index < -0.39 is 0 Å². The molecule has 1 aliphatic carbocycles. The first-order valence-electron chi connectivity index (χ1n) is 12.1. The number of halogens is 1. The van der Waals surface area contributed by atoms with E-state index in [-0.39, 0.29) is 12.1 Å². The molecule has 6 nitrogen and oxygen atoms in total. The van der Waals surface area contributed by atoms with Crippen molar-refractivity contribution in [3.05, 3.63) is 29.3 Å². The number of amides is 1. The first-order chi connectivity index (χ1) is 15.5. The number of nitrogens with zero attached hydrogens (tertiary/aromatic N) is 2. The summed E-state index contributed by atoms with van der Waals surface area (Å²) in [6, 6.07) is 7.11. The fraction of sp³-hybridized carbons (Fsp3) is 0.720. The Balaban J connectivity index is 1.57. The van der Waals surface area contributed by atoms with Crippen molar-refractivity contribution < 1.29 is 19.0 Å². The molecule has 7 heteroatoms. The predicted octanol–water partition coefficient (Wildman–Crippen LogP) is 5.63. The number of rotatable bonds is 14. The maximum atomic E-state index is 12.6. The molecule has 1 fully saturated rings. The van der Waals surface area contributed by atoms with Gasteiger partial charge in [0.05, 0.1) is 12.7 Å². The van der Waals surface area contributed by atoms with Gasteiger partial charge in [-0.25, -0.2) is 4.79 Å². The molecule has 0 unspecified atom stereocenters. The first kappa shape index (κ1) is 26.9. The third-order valence-corrected chi connectivity index (χ3v) is 6.40. The number of hydrogen-bond donors (Lipinski definition) is 0. The Bertz CT molecular complexity index is 635. The van der Waals surface area contributed by atoms with Gasteiger partial charge in [-0.2, -0.15) is 0 Å². The Hall–Kier alpha value is -1.34. The van der Waals surface area contributed by atoms with Crippen molar-refractivity contribution in [1.82, 2.24) is 9.80 Å². The van der Waals surface area contributed by atoms with E-state index >= 15 is 0 Å². The van der Waals surface area contributed by atoms with Crippen molar-refractivity contribution in [2.45, 2.75) is 70.4 Å². The molecule has 32 heavy (non-hydrogen) atoms. The highest BCUT2D eigenvalue weighted by Crippen LogP contribution is 2.26. The highest BCUT2D eigenvalue weighted by Gasteiger charge is 2.29. The standard InChI is InChI=1S/C25H41ClN2O4/c1-4-28(25(29)32-24-13-9-21(26)10-14-24)22-11-15-23(16-12-22)31-19-8-6-5-7-17-27(2)18-20-30-3/h9-10,13-14,22-23H,4-8,11-12,15-20H2,1-3H3/t22-,23-. The van der Waals surface area contributed by atoms with Gasteiger partial charge in [0.1, 0.15) is 5.75 Å². The SMILES string of the molecule is CCN(C(=O)Oc1ccc(Cl)cc1)[C@H]1CC[C@H](OCCCCCCN(C)CCOC)CC1. The van der Waals surface area contributed by atoms with E-state index in [1.54, 1.807) is 31.4 Å². The lowest BCUT2D eigenvalue weighted by atomic mass is 9.92. The van der Waals surface area contributed by atoms with Crippen LogP contribution in [0, 0.1) is 0 Å². The summed E-state index contributed by atoms with van der Waals surface area (Å²) >= 11 is 5.90. The topological polar surface area (TPSA) is 51.2 Å². The number of ether oxygens (including phenoxy) is 3. The average molecular weight is 469 g/mol. The molecular formula is C25H41ClN2O4. The van der Waals surface area contributed by atoms with E-state index in [0.29, 0.717) is 23.4 Å². The van der Waals surface area contributed by atoms with Crippen molar-refractivity contribution >= 4 is 17.7 Å². The summed E-state index contributed by atoms with van der Waals surface area (Å²) in [7, 11) is 3.90. The second-order valence-corrected chi connectivity index (χ2v) is 9.06. The predicted molar refractivity (Wildman–Crippen MR) is 130 cm³/mol. The largest absolute Gasteiger partial charge is 0.415 e.